The van der Waals surface area contributed by atoms with Crippen molar-refractivity contribution in [2.24, 2.45) is 0 Å². The Morgan fingerprint density at radius 1 is 1.14 bits per heavy atom. The number of carbonyl (C=O) groups is 2. The molecule has 1 N–H and O–H groups in total. The number of nitrogens with one attached hydrogen (secondary N) is 1. The standard InChI is InChI=1S/C16H23NO5/c1-16(2,3)22-15(19)17-9-10-21-11-12-5-7-13(8-6-12)14(18)20-4/h5-8H,9-11H2,1-4H3,(H,17,19). The van der Waals surface area contributed by atoms with Crippen LogP contribution < -0.4 is 5.32 Å². The fraction of sp³-hybridized carbons (Fsp3) is 0.500. The summed E-state index contributed by atoms with van der Waals surface area (Å²) in [4.78, 5) is 22.7. The van der Waals surface area contributed by atoms with Crippen LogP contribution in [0.5, 0.6) is 0 Å². The number of amides is 1. The van der Waals surface area contributed by atoms with Gasteiger partial charge in [0.25, 0.3) is 0 Å². The molecule has 0 aliphatic heterocycles. The zero-order chi connectivity index (χ0) is 16.6. The summed E-state index contributed by atoms with van der Waals surface area (Å²) in [7, 11) is 1.34. The molecule has 0 aliphatic carbocycles. The molecule has 0 spiro atoms. The molecule has 1 aromatic rings. The lowest BCUT2D eigenvalue weighted by molar-refractivity contribution is 0.0493. The van der Waals surface area contributed by atoms with Crippen LogP contribution in [-0.2, 0) is 20.8 Å². The molecule has 0 fully saturated rings. The highest BCUT2D eigenvalue weighted by molar-refractivity contribution is 5.89. The van der Waals surface area contributed by atoms with E-state index in [1.165, 1.54) is 7.11 Å². The van der Waals surface area contributed by atoms with E-state index in [4.69, 9.17) is 9.47 Å². The smallest absolute Gasteiger partial charge is 0.407 e. The number of esters is 1. The normalized spacial score (nSPS) is 10.9. The van der Waals surface area contributed by atoms with E-state index >= 15 is 0 Å². The van der Waals surface area contributed by atoms with Crippen LogP contribution in [0.2, 0.25) is 0 Å². The van der Waals surface area contributed by atoms with Crippen molar-refractivity contribution in [3.05, 3.63) is 35.4 Å². The molecule has 0 heterocycles. The minimum Gasteiger partial charge on any atom is -0.465 e. The minimum absolute atomic E-state index is 0.367. The van der Waals surface area contributed by atoms with Gasteiger partial charge in [0.2, 0.25) is 0 Å². The predicted octanol–water partition coefficient (Wildman–Crippen LogP) is 2.51. The second-order valence-corrected chi connectivity index (χ2v) is 5.67. The Balaban J connectivity index is 2.22. The molecule has 0 radical (unpaired) electrons. The maximum absolute atomic E-state index is 11.4. The van der Waals surface area contributed by atoms with Crippen molar-refractivity contribution in [1.29, 1.82) is 0 Å². The van der Waals surface area contributed by atoms with Crippen LogP contribution in [0.3, 0.4) is 0 Å². The maximum atomic E-state index is 11.4. The van der Waals surface area contributed by atoms with Crippen molar-refractivity contribution in [2.75, 3.05) is 20.3 Å². The van der Waals surface area contributed by atoms with E-state index < -0.39 is 11.7 Å². The van der Waals surface area contributed by atoms with Crippen LogP contribution in [0.15, 0.2) is 24.3 Å². The van der Waals surface area contributed by atoms with Gasteiger partial charge in [0.1, 0.15) is 5.60 Å². The number of carbonyl (C=O) groups excluding carboxylic acids is 2. The Kier molecular flexibility index (Phi) is 6.85. The molecule has 0 aromatic heterocycles. The van der Waals surface area contributed by atoms with Gasteiger partial charge in [0.05, 0.1) is 25.9 Å². The Hall–Kier alpha value is -2.08. The third-order valence-corrected chi connectivity index (χ3v) is 2.56. The van der Waals surface area contributed by atoms with Crippen molar-refractivity contribution in [3.63, 3.8) is 0 Å². The fourth-order valence-electron chi connectivity index (χ4n) is 1.58. The summed E-state index contributed by atoms with van der Waals surface area (Å²) in [6, 6.07) is 6.97. The Morgan fingerprint density at radius 2 is 1.77 bits per heavy atom. The molecule has 122 valence electrons. The van der Waals surface area contributed by atoms with Crippen LogP contribution in [0.25, 0.3) is 0 Å². The summed E-state index contributed by atoms with van der Waals surface area (Å²) >= 11 is 0. The summed E-state index contributed by atoms with van der Waals surface area (Å²) in [5.74, 6) is -0.367. The highest BCUT2D eigenvalue weighted by atomic mass is 16.6. The van der Waals surface area contributed by atoms with Gasteiger partial charge in [-0.25, -0.2) is 9.59 Å². The third kappa shape index (κ3) is 7.08. The van der Waals surface area contributed by atoms with Crippen molar-refractivity contribution < 1.29 is 23.8 Å². The Morgan fingerprint density at radius 3 is 2.32 bits per heavy atom. The molecule has 6 heteroatoms. The SMILES string of the molecule is COC(=O)c1ccc(COCCNC(=O)OC(C)(C)C)cc1. The highest BCUT2D eigenvalue weighted by Crippen LogP contribution is 2.07. The average molecular weight is 309 g/mol. The van der Waals surface area contributed by atoms with E-state index in [0.717, 1.165) is 5.56 Å². The Bertz CT molecular complexity index is 490. The van der Waals surface area contributed by atoms with E-state index in [0.29, 0.717) is 25.3 Å². The predicted molar refractivity (Wildman–Crippen MR) is 81.7 cm³/mol. The molecular weight excluding hydrogens is 286 g/mol. The fourth-order valence-corrected chi connectivity index (χ4v) is 1.58. The molecule has 1 amide bonds. The van der Waals surface area contributed by atoms with Gasteiger partial charge < -0.3 is 19.5 Å². The summed E-state index contributed by atoms with van der Waals surface area (Å²) in [6.07, 6.45) is -0.460. The lowest BCUT2D eigenvalue weighted by Crippen LogP contribution is -2.34. The molecule has 1 rings (SSSR count). The van der Waals surface area contributed by atoms with Crippen LogP contribution in [-0.4, -0.2) is 37.9 Å². The molecule has 1 aromatic carbocycles. The van der Waals surface area contributed by atoms with Crippen LogP contribution >= 0.6 is 0 Å². The van der Waals surface area contributed by atoms with E-state index in [1.54, 1.807) is 45.0 Å². The number of alkyl carbamates (subject to hydrolysis) is 1. The van der Waals surface area contributed by atoms with Gasteiger partial charge >= 0.3 is 12.1 Å². The molecule has 0 aliphatic rings. The average Bonchev–Trinajstić information content (AvgIpc) is 2.45. The molecular formula is C16H23NO5. The summed E-state index contributed by atoms with van der Waals surface area (Å²) < 4.78 is 15.2. The minimum atomic E-state index is -0.508. The molecule has 0 saturated carbocycles. The number of benzene rings is 1. The first-order valence-electron chi connectivity index (χ1n) is 7.03. The summed E-state index contributed by atoms with van der Waals surface area (Å²) in [6.45, 7) is 6.56. The zero-order valence-corrected chi connectivity index (χ0v) is 13.5. The third-order valence-electron chi connectivity index (χ3n) is 2.56. The lowest BCUT2D eigenvalue weighted by atomic mass is 10.1. The first-order valence-corrected chi connectivity index (χ1v) is 7.03. The van der Waals surface area contributed by atoms with E-state index in [-0.39, 0.29) is 5.97 Å². The Labute approximate surface area is 130 Å². The zero-order valence-electron chi connectivity index (χ0n) is 13.5. The van der Waals surface area contributed by atoms with Gasteiger partial charge in [-0.15, -0.1) is 0 Å². The highest BCUT2D eigenvalue weighted by Gasteiger charge is 2.15. The van der Waals surface area contributed by atoms with Crippen molar-refractivity contribution in [3.8, 4) is 0 Å². The van der Waals surface area contributed by atoms with E-state index in [9.17, 15) is 9.59 Å². The van der Waals surface area contributed by atoms with Crippen LogP contribution in [0, 0.1) is 0 Å². The van der Waals surface area contributed by atoms with Gasteiger partial charge in [-0.3, -0.25) is 0 Å². The van der Waals surface area contributed by atoms with Crippen molar-refractivity contribution in [1.82, 2.24) is 5.32 Å². The second kappa shape index (κ2) is 8.38. The molecule has 0 unspecified atom stereocenters. The van der Waals surface area contributed by atoms with Crippen molar-refractivity contribution >= 4 is 12.1 Å². The molecule has 6 nitrogen and oxygen atoms in total. The van der Waals surface area contributed by atoms with Gasteiger partial charge in [-0.05, 0) is 38.5 Å². The summed E-state index contributed by atoms with van der Waals surface area (Å²) in [5.41, 5.74) is 0.925. The summed E-state index contributed by atoms with van der Waals surface area (Å²) in [5, 5.41) is 2.61. The van der Waals surface area contributed by atoms with E-state index in [2.05, 4.69) is 10.1 Å². The van der Waals surface area contributed by atoms with Crippen LogP contribution in [0.4, 0.5) is 4.79 Å². The molecule has 0 bridgehead atoms. The number of rotatable bonds is 6. The van der Waals surface area contributed by atoms with Gasteiger partial charge in [0.15, 0.2) is 0 Å². The quantitative estimate of drug-likeness (QED) is 0.645. The molecule has 0 saturated heterocycles. The van der Waals surface area contributed by atoms with Gasteiger partial charge in [0, 0.05) is 6.54 Å². The maximum Gasteiger partial charge on any atom is 0.407 e. The van der Waals surface area contributed by atoms with Gasteiger partial charge in [-0.2, -0.15) is 0 Å². The number of hydrogen-bond donors (Lipinski definition) is 1. The topological polar surface area (TPSA) is 73.9 Å². The lowest BCUT2D eigenvalue weighted by Gasteiger charge is -2.19. The number of hydrogen-bond acceptors (Lipinski definition) is 5. The second-order valence-electron chi connectivity index (χ2n) is 5.67. The van der Waals surface area contributed by atoms with Crippen LogP contribution in [0.1, 0.15) is 36.7 Å². The van der Waals surface area contributed by atoms with Gasteiger partial charge in [-0.1, -0.05) is 12.1 Å². The molecule has 0 atom stereocenters. The number of methoxy groups -OCH3 is 1. The van der Waals surface area contributed by atoms with E-state index in [1.807, 2.05) is 0 Å². The monoisotopic (exact) mass is 309 g/mol. The number of ether oxygens (including phenoxy) is 3. The largest absolute Gasteiger partial charge is 0.465 e. The first-order chi connectivity index (χ1) is 10.3. The first kappa shape index (κ1) is 18.0. The van der Waals surface area contributed by atoms with Crippen molar-refractivity contribution in [2.45, 2.75) is 33.0 Å². The molecule has 22 heavy (non-hydrogen) atoms.